The Balaban J connectivity index is 2.18. The molecule has 0 aliphatic carbocycles. The molecule has 0 spiro atoms. The summed E-state index contributed by atoms with van der Waals surface area (Å²) in [5, 5.41) is 9.22. The summed E-state index contributed by atoms with van der Waals surface area (Å²) in [6.45, 7) is 6.31. The van der Waals surface area contributed by atoms with E-state index in [1.807, 2.05) is 0 Å². The minimum Gasteiger partial charge on any atom is -0.508 e. The summed E-state index contributed by atoms with van der Waals surface area (Å²) in [6, 6.07) is 5.54. The number of ketones is 2. The Morgan fingerprint density at radius 3 is 2.21 bits per heavy atom. The minimum absolute atomic E-state index is 0.0323. The number of H-pyrrole nitrogens is 1. The van der Waals surface area contributed by atoms with Gasteiger partial charge in [0.2, 0.25) is 5.78 Å². The molecule has 0 saturated carbocycles. The molecule has 0 unspecified atom stereocenters. The number of carbonyl (C=O) groups is 3. The van der Waals surface area contributed by atoms with Crippen molar-refractivity contribution in [3.05, 3.63) is 52.3 Å². The molecular formula is C18H19NO5. The van der Waals surface area contributed by atoms with Crippen LogP contribution in [0.1, 0.15) is 56.3 Å². The van der Waals surface area contributed by atoms with Gasteiger partial charge in [0, 0.05) is 11.3 Å². The van der Waals surface area contributed by atoms with Gasteiger partial charge in [-0.3, -0.25) is 9.59 Å². The Morgan fingerprint density at radius 1 is 1.12 bits per heavy atom. The Kier molecular flexibility index (Phi) is 4.87. The summed E-state index contributed by atoms with van der Waals surface area (Å²) in [6.07, 6.45) is -1.01. The predicted octanol–water partition coefficient (Wildman–Crippen LogP) is 2.97. The van der Waals surface area contributed by atoms with Crippen molar-refractivity contribution in [3.63, 3.8) is 0 Å². The number of hydrogen-bond donors (Lipinski definition) is 2. The number of aromatic hydroxyl groups is 1. The molecule has 0 amide bonds. The highest BCUT2D eigenvalue weighted by atomic mass is 16.5. The Hall–Kier alpha value is -2.89. The predicted molar refractivity (Wildman–Crippen MR) is 87.6 cm³/mol. The lowest BCUT2D eigenvalue weighted by Gasteiger charge is -2.12. The van der Waals surface area contributed by atoms with Crippen molar-refractivity contribution in [3.8, 4) is 5.75 Å². The van der Waals surface area contributed by atoms with E-state index in [1.54, 1.807) is 13.8 Å². The molecule has 0 fully saturated rings. The van der Waals surface area contributed by atoms with Crippen molar-refractivity contribution < 1.29 is 24.2 Å². The molecule has 24 heavy (non-hydrogen) atoms. The molecule has 2 rings (SSSR count). The van der Waals surface area contributed by atoms with Crippen LogP contribution in [0.15, 0.2) is 24.3 Å². The number of benzene rings is 1. The van der Waals surface area contributed by atoms with E-state index in [0.717, 1.165) is 0 Å². The van der Waals surface area contributed by atoms with Gasteiger partial charge in [0.1, 0.15) is 5.75 Å². The number of Topliss-reactive ketones (excluding diaryl/α,β-unsaturated/α-hetero) is 2. The fourth-order valence-electron chi connectivity index (χ4n) is 2.61. The van der Waals surface area contributed by atoms with Crippen LogP contribution in [0, 0.1) is 13.8 Å². The van der Waals surface area contributed by atoms with Gasteiger partial charge in [-0.15, -0.1) is 0 Å². The van der Waals surface area contributed by atoms with Crippen molar-refractivity contribution in [2.45, 2.75) is 33.8 Å². The van der Waals surface area contributed by atoms with Crippen LogP contribution < -0.4 is 0 Å². The fraction of sp³-hybridized carbons (Fsp3) is 0.278. The molecular weight excluding hydrogens is 310 g/mol. The molecule has 126 valence electrons. The molecule has 6 nitrogen and oxygen atoms in total. The summed E-state index contributed by atoms with van der Waals surface area (Å²) in [5.41, 5.74) is 2.15. The first-order chi connectivity index (χ1) is 11.2. The van der Waals surface area contributed by atoms with Gasteiger partial charge in [-0.25, -0.2) is 4.79 Å². The number of esters is 1. The van der Waals surface area contributed by atoms with Crippen molar-refractivity contribution in [1.29, 1.82) is 0 Å². The topological polar surface area (TPSA) is 96.5 Å². The lowest BCUT2D eigenvalue weighted by molar-refractivity contribution is 0.0317. The van der Waals surface area contributed by atoms with E-state index >= 15 is 0 Å². The van der Waals surface area contributed by atoms with E-state index in [4.69, 9.17) is 4.74 Å². The van der Waals surface area contributed by atoms with Crippen LogP contribution in [-0.4, -0.2) is 33.7 Å². The lowest BCUT2D eigenvalue weighted by atomic mass is 10.0. The second-order valence-corrected chi connectivity index (χ2v) is 5.64. The third-order valence-electron chi connectivity index (χ3n) is 3.79. The van der Waals surface area contributed by atoms with Crippen LogP contribution in [0.4, 0.5) is 0 Å². The van der Waals surface area contributed by atoms with Gasteiger partial charge in [-0.05, 0) is 57.5 Å². The first-order valence-corrected chi connectivity index (χ1v) is 7.46. The van der Waals surface area contributed by atoms with Gasteiger partial charge in [0.05, 0.1) is 11.3 Å². The van der Waals surface area contributed by atoms with Gasteiger partial charge in [-0.1, -0.05) is 0 Å². The molecule has 1 aromatic carbocycles. The zero-order valence-electron chi connectivity index (χ0n) is 14.0. The SMILES string of the molecule is CC(=O)c1c(C)[nH]c(C(=O)[C@H](C)OC(=O)c2ccc(O)cc2)c1C. The average molecular weight is 329 g/mol. The lowest BCUT2D eigenvalue weighted by Crippen LogP contribution is -2.25. The molecule has 0 aliphatic heterocycles. The van der Waals surface area contributed by atoms with Crippen molar-refractivity contribution in [2.24, 2.45) is 0 Å². The highest BCUT2D eigenvalue weighted by molar-refractivity contribution is 6.05. The Bertz CT molecular complexity index is 802. The smallest absolute Gasteiger partial charge is 0.338 e. The second kappa shape index (κ2) is 6.70. The van der Waals surface area contributed by atoms with E-state index in [-0.39, 0.29) is 22.8 Å². The average Bonchev–Trinajstić information content (AvgIpc) is 2.81. The number of carbonyl (C=O) groups excluding carboxylic acids is 3. The van der Waals surface area contributed by atoms with Crippen molar-refractivity contribution in [2.75, 3.05) is 0 Å². The van der Waals surface area contributed by atoms with Crippen molar-refractivity contribution >= 4 is 17.5 Å². The molecule has 0 aliphatic rings. The van der Waals surface area contributed by atoms with E-state index in [1.165, 1.54) is 38.1 Å². The van der Waals surface area contributed by atoms with Gasteiger partial charge in [0.15, 0.2) is 11.9 Å². The molecule has 6 heteroatoms. The Morgan fingerprint density at radius 2 is 1.71 bits per heavy atom. The molecule has 0 bridgehead atoms. The quantitative estimate of drug-likeness (QED) is 0.649. The number of ether oxygens (including phenoxy) is 1. The molecule has 0 saturated heterocycles. The number of aryl methyl sites for hydroxylation is 1. The normalized spacial score (nSPS) is 11.8. The second-order valence-electron chi connectivity index (χ2n) is 5.64. The van der Waals surface area contributed by atoms with E-state index < -0.39 is 17.9 Å². The maximum atomic E-state index is 12.5. The number of phenols is 1. The van der Waals surface area contributed by atoms with E-state index in [9.17, 15) is 19.5 Å². The maximum absolute atomic E-state index is 12.5. The Labute approximate surface area is 139 Å². The molecule has 1 heterocycles. The third kappa shape index (κ3) is 3.37. The number of aromatic nitrogens is 1. The zero-order chi connectivity index (χ0) is 18.0. The first kappa shape index (κ1) is 17.5. The van der Waals surface area contributed by atoms with Crippen LogP contribution in [0.25, 0.3) is 0 Å². The number of phenolic OH excluding ortho intramolecular Hbond substituents is 1. The monoisotopic (exact) mass is 329 g/mol. The van der Waals surface area contributed by atoms with Crippen LogP contribution in [-0.2, 0) is 4.74 Å². The number of hydrogen-bond acceptors (Lipinski definition) is 5. The van der Waals surface area contributed by atoms with Gasteiger partial charge >= 0.3 is 5.97 Å². The molecule has 2 N–H and O–H groups in total. The molecule has 0 radical (unpaired) electrons. The number of rotatable bonds is 5. The summed E-state index contributed by atoms with van der Waals surface area (Å²) in [7, 11) is 0. The van der Waals surface area contributed by atoms with Crippen LogP contribution in [0.5, 0.6) is 5.75 Å². The summed E-state index contributed by atoms with van der Waals surface area (Å²) < 4.78 is 5.18. The highest BCUT2D eigenvalue weighted by Gasteiger charge is 2.26. The largest absolute Gasteiger partial charge is 0.508 e. The standard InChI is InChI=1S/C18H19NO5/c1-9-15(11(3)20)10(2)19-16(9)17(22)12(4)24-18(23)13-5-7-14(21)8-6-13/h5-8,12,19,21H,1-4H3/t12-/m0/s1. The third-order valence-corrected chi connectivity index (χ3v) is 3.79. The van der Waals surface area contributed by atoms with E-state index in [0.29, 0.717) is 16.8 Å². The first-order valence-electron chi connectivity index (χ1n) is 7.46. The maximum Gasteiger partial charge on any atom is 0.338 e. The molecule has 1 atom stereocenters. The number of aromatic amines is 1. The van der Waals surface area contributed by atoms with Gasteiger partial charge in [0.25, 0.3) is 0 Å². The van der Waals surface area contributed by atoms with Gasteiger partial charge in [-0.2, -0.15) is 0 Å². The van der Waals surface area contributed by atoms with Crippen molar-refractivity contribution in [1.82, 2.24) is 4.98 Å². The zero-order valence-corrected chi connectivity index (χ0v) is 14.0. The fourth-order valence-corrected chi connectivity index (χ4v) is 2.61. The van der Waals surface area contributed by atoms with E-state index in [2.05, 4.69) is 4.98 Å². The van der Waals surface area contributed by atoms with Crippen LogP contribution in [0.2, 0.25) is 0 Å². The van der Waals surface area contributed by atoms with Crippen LogP contribution in [0.3, 0.4) is 0 Å². The molecule has 2 aromatic rings. The summed E-state index contributed by atoms with van der Waals surface area (Å²) >= 11 is 0. The van der Waals surface area contributed by atoms with Gasteiger partial charge < -0.3 is 14.8 Å². The van der Waals surface area contributed by atoms with Crippen LogP contribution >= 0.6 is 0 Å². The molecule has 1 aromatic heterocycles. The summed E-state index contributed by atoms with van der Waals surface area (Å²) in [4.78, 5) is 39.1. The number of nitrogens with one attached hydrogen (secondary N) is 1. The summed E-state index contributed by atoms with van der Waals surface area (Å²) in [5.74, 6) is -1.17. The highest BCUT2D eigenvalue weighted by Crippen LogP contribution is 2.21. The minimum atomic E-state index is -1.01.